The van der Waals surface area contributed by atoms with Crippen LogP contribution in [0.1, 0.15) is 13.8 Å². The van der Waals surface area contributed by atoms with Gasteiger partial charge in [-0.2, -0.15) is 0 Å². The maximum Gasteiger partial charge on any atom is 0.0698 e. The Bertz CT molecular complexity index is 121. The zero-order valence-corrected chi connectivity index (χ0v) is 9.33. The van der Waals surface area contributed by atoms with E-state index in [9.17, 15) is 0 Å². The second kappa shape index (κ2) is 9.40. The Kier molecular flexibility index (Phi) is 9.29. The van der Waals surface area contributed by atoms with Crippen LogP contribution in [0.3, 0.4) is 0 Å². The van der Waals surface area contributed by atoms with Crippen LogP contribution in [0, 0.1) is 11.8 Å². The molecule has 0 saturated heterocycles. The number of aliphatic hydroxyl groups is 1. The predicted molar refractivity (Wildman–Crippen MR) is 58.2 cm³/mol. The van der Waals surface area contributed by atoms with Gasteiger partial charge < -0.3 is 20.9 Å². The Balaban J connectivity index is 3.25. The van der Waals surface area contributed by atoms with E-state index in [0.29, 0.717) is 25.0 Å². The molecule has 86 valence electrons. The number of hydrogen-bond donors (Lipinski definition) is 3. The maximum absolute atomic E-state index is 8.46. The van der Waals surface area contributed by atoms with Crippen molar-refractivity contribution in [2.45, 2.75) is 13.8 Å². The Morgan fingerprint density at radius 2 is 2.07 bits per heavy atom. The van der Waals surface area contributed by atoms with Crippen LogP contribution in [0.5, 0.6) is 0 Å². The molecule has 0 amide bonds. The van der Waals surface area contributed by atoms with Crippen LogP contribution in [-0.2, 0) is 4.74 Å². The second-order valence-electron chi connectivity index (χ2n) is 3.78. The lowest BCUT2D eigenvalue weighted by atomic mass is 9.96. The number of ether oxygens (including phenoxy) is 1. The molecular weight excluding hydrogens is 180 g/mol. The van der Waals surface area contributed by atoms with E-state index in [1.54, 1.807) is 0 Å². The summed E-state index contributed by atoms with van der Waals surface area (Å²) in [6.45, 7) is 8.02. The number of rotatable bonds is 9. The molecule has 0 aromatic heterocycles. The van der Waals surface area contributed by atoms with Gasteiger partial charge in [-0.3, -0.25) is 0 Å². The lowest BCUT2D eigenvalue weighted by Crippen LogP contribution is -2.33. The molecular formula is C10H24N2O2. The van der Waals surface area contributed by atoms with Gasteiger partial charge in [-0.15, -0.1) is 0 Å². The topological polar surface area (TPSA) is 67.5 Å². The summed E-state index contributed by atoms with van der Waals surface area (Å²) in [5, 5.41) is 11.7. The van der Waals surface area contributed by atoms with Gasteiger partial charge in [-0.25, -0.2) is 0 Å². The summed E-state index contributed by atoms with van der Waals surface area (Å²) in [6.07, 6.45) is 0. The fraction of sp³-hybridized carbons (Fsp3) is 1.00. The van der Waals surface area contributed by atoms with Crippen LogP contribution in [0.4, 0.5) is 0 Å². The summed E-state index contributed by atoms with van der Waals surface area (Å²) in [5.74, 6) is 1.15. The van der Waals surface area contributed by atoms with Gasteiger partial charge >= 0.3 is 0 Å². The highest BCUT2D eigenvalue weighted by molar-refractivity contribution is 4.66. The number of nitrogens with two attached hydrogens (primary N) is 1. The van der Waals surface area contributed by atoms with E-state index in [2.05, 4.69) is 19.2 Å². The smallest absolute Gasteiger partial charge is 0.0698 e. The van der Waals surface area contributed by atoms with Crippen molar-refractivity contribution < 1.29 is 9.84 Å². The van der Waals surface area contributed by atoms with Crippen LogP contribution in [0.15, 0.2) is 0 Å². The summed E-state index contributed by atoms with van der Waals surface area (Å²) < 4.78 is 5.11. The summed E-state index contributed by atoms with van der Waals surface area (Å²) in [5.41, 5.74) is 5.63. The predicted octanol–water partition coefficient (Wildman–Crippen LogP) is -0.184. The molecule has 0 aliphatic carbocycles. The SMILES string of the molecule is CC(C)C(CN)CNCCOCCO. The number of hydrogen-bond acceptors (Lipinski definition) is 4. The molecule has 0 saturated carbocycles. The van der Waals surface area contributed by atoms with Gasteiger partial charge in [0.05, 0.1) is 19.8 Å². The molecule has 4 N–H and O–H groups in total. The van der Waals surface area contributed by atoms with E-state index in [0.717, 1.165) is 19.6 Å². The first-order chi connectivity index (χ1) is 6.72. The molecule has 0 bridgehead atoms. The minimum Gasteiger partial charge on any atom is -0.394 e. The molecule has 0 radical (unpaired) electrons. The van der Waals surface area contributed by atoms with E-state index < -0.39 is 0 Å². The Labute approximate surface area is 86.8 Å². The van der Waals surface area contributed by atoms with E-state index in [1.807, 2.05) is 0 Å². The molecule has 0 aliphatic rings. The van der Waals surface area contributed by atoms with Crippen molar-refractivity contribution in [1.82, 2.24) is 5.32 Å². The fourth-order valence-electron chi connectivity index (χ4n) is 1.19. The molecule has 0 fully saturated rings. The van der Waals surface area contributed by atoms with Crippen molar-refractivity contribution in [2.24, 2.45) is 17.6 Å². The molecule has 0 spiro atoms. The highest BCUT2D eigenvalue weighted by Crippen LogP contribution is 2.06. The summed E-state index contributed by atoms with van der Waals surface area (Å²) in [7, 11) is 0. The highest BCUT2D eigenvalue weighted by atomic mass is 16.5. The number of aliphatic hydroxyl groups excluding tert-OH is 1. The largest absolute Gasteiger partial charge is 0.394 e. The molecule has 0 aromatic carbocycles. The van der Waals surface area contributed by atoms with Crippen LogP contribution in [0.25, 0.3) is 0 Å². The average Bonchev–Trinajstić information content (AvgIpc) is 2.16. The number of nitrogens with one attached hydrogen (secondary N) is 1. The minimum absolute atomic E-state index is 0.0947. The fourth-order valence-corrected chi connectivity index (χ4v) is 1.19. The van der Waals surface area contributed by atoms with Gasteiger partial charge in [-0.05, 0) is 24.9 Å². The Morgan fingerprint density at radius 3 is 2.57 bits per heavy atom. The zero-order chi connectivity index (χ0) is 10.8. The van der Waals surface area contributed by atoms with Crippen molar-refractivity contribution in [3.8, 4) is 0 Å². The third-order valence-corrected chi connectivity index (χ3v) is 2.31. The van der Waals surface area contributed by atoms with E-state index >= 15 is 0 Å². The third kappa shape index (κ3) is 7.26. The molecule has 0 aromatic rings. The molecule has 4 heteroatoms. The Morgan fingerprint density at radius 1 is 1.36 bits per heavy atom. The van der Waals surface area contributed by atoms with Gasteiger partial charge in [0.15, 0.2) is 0 Å². The van der Waals surface area contributed by atoms with Gasteiger partial charge in [0.25, 0.3) is 0 Å². The molecule has 1 atom stereocenters. The van der Waals surface area contributed by atoms with E-state index in [1.165, 1.54) is 0 Å². The summed E-state index contributed by atoms with van der Waals surface area (Å²) in [6, 6.07) is 0. The molecule has 0 rings (SSSR count). The lowest BCUT2D eigenvalue weighted by Gasteiger charge is -2.19. The summed E-state index contributed by atoms with van der Waals surface area (Å²) in [4.78, 5) is 0. The molecule has 4 nitrogen and oxygen atoms in total. The quantitative estimate of drug-likeness (QED) is 0.456. The molecule has 0 aliphatic heterocycles. The van der Waals surface area contributed by atoms with Crippen molar-refractivity contribution in [1.29, 1.82) is 0 Å². The zero-order valence-electron chi connectivity index (χ0n) is 9.33. The standard InChI is InChI=1S/C10H24N2O2/c1-9(2)10(7-11)8-12-3-5-14-6-4-13/h9-10,12-13H,3-8,11H2,1-2H3. The maximum atomic E-state index is 8.46. The first-order valence-corrected chi connectivity index (χ1v) is 5.31. The summed E-state index contributed by atoms with van der Waals surface area (Å²) >= 11 is 0. The molecule has 0 heterocycles. The first-order valence-electron chi connectivity index (χ1n) is 5.31. The van der Waals surface area contributed by atoms with Crippen LogP contribution in [0.2, 0.25) is 0 Å². The minimum atomic E-state index is 0.0947. The van der Waals surface area contributed by atoms with Crippen LogP contribution >= 0.6 is 0 Å². The van der Waals surface area contributed by atoms with Crippen molar-refractivity contribution >= 4 is 0 Å². The monoisotopic (exact) mass is 204 g/mol. The van der Waals surface area contributed by atoms with Gasteiger partial charge in [0.2, 0.25) is 0 Å². The first kappa shape index (κ1) is 13.8. The van der Waals surface area contributed by atoms with Crippen LogP contribution in [-0.4, -0.2) is 44.6 Å². The lowest BCUT2D eigenvalue weighted by molar-refractivity contribution is 0.0932. The van der Waals surface area contributed by atoms with Gasteiger partial charge in [0.1, 0.15) is 0 Å². The van der Waals surface area contributed by atoms with Crippen molar-refractivity contribution in [3.05, 3.63) is 0 Å². The van der Waals surface area contributed by atoms with E-state index in [-0.39, 0.29) is 6.61 Å². The van der Waals surface area contributed by atoms with Gasteiger partial charge in [0, 0.05) is 6.54 Å². The van der Waals surface area contributed by atoms with E-state index in [4.69, 9.17) is 15.6 Å². The molecule has 1 unspecified atom stereocenters. The second-order valence-corrected chi connectivity index (χ2v) is 3.78. The van der Waals surface area contributed by atoms with Gasteiger partial charge in [-0.1, -0.05) is 13.8 Å². The highest BCUT2D eigenvalue weighted by Gasteiger charge is 2.09. The van der Waals surface area contributed by atoms with Crippen LogP contribution < -0.4 is 11.1 Å². The normalized spacial score (nSPS) is 13.5. The molecule has 14 heavy (non-hydrogen) atoms. The average molecular weight is 204 g/mol. The van der Waals surface area contributed by atoms with Crippen molar-refractivity contribution in [2.75, 3.05) is 39.5 Å². The third-order valence-electron chi connectivity index (χ3n) is 2.31. The van der Waals surface area contributed by atoms with Crippen molar-refractivity contribution in [3.63, 3.8) is 0 Å². The Hall–Kier alpha value is -0.160.